The molecule has 2 aliphatic rings. The van der Waals surface area contributed by atoms with Crippen molar-refractivity contribution in [1.29, 1.82) is 0 Å². The van der Waals surface area contributed by atoms with Crippen LogP contribution < -0.4 is 15.0 Å². The molecule has 0 spiro atoms. The lowest BCUT2D eigenvalue weighted by Crippen LogP contribution is -2.52. The minimum Gasteiger partial charge on any atom is -0.495 e. The summed E-state index contributed by atoms with van der Waals surface area (Å²) >= 11 is 0. The molecule has 0 aromatic heterocycles. The molecule has 1 amide bonds. The van der Waals surface area contributed by atoms with Crippen LogP contribution in [0.3, 0.4) is 0 Å². The Bertz CT molecular complexity index is 969. The maximum absolute atomic E-state index is 12.0. The van der Waals surface area contributed by atoms with Gasteiger partial charge in [-0.05, 0) is 36.6 Å². The van der Waals surface area contributed by atoms with Gasteiger partial charge in [-0.2, -0.15) is 0 Å². The predicted octanol–water partition coefficient (Wildman–Crippen LogP) is 3.11. The number of aliphatic imine (C=N–C) groups is 1. The van der Waals surface area contributed by atoms with Crippen LogP contribution in [0.4, 0.5) is 5.69 Å². The first-order chi connectivity index (χ1) is 16.2. The van der Waals surface area contributed by atoms with Gasteiger partial charge >= 0.3 is 0 Å². The maximum atomic E-state index is 12.0. The van der Waals surface area contributed by atoms with Crippen molar-refractivity contribution in [2.45, 2.75) is 32.9 Å². The van der Waals surface area contributed by atoms with E-state index in [0.29, 0.717) is 19.5 Å². The topological polar surface area (TPSA) is 60.4 Å². The molecule has 2 saturated heterocycles. The van der Waals surface area contributed by atoms with E-state index in [-0.39, 0.29) is 5.91 Å². The Labute approximate surface area is 197 Å². The molecule has 0 atom stereocenters. The highest BCUT2D eigenvalue weighted by Crippen LogP contribution is 2.28. The van der Waals surface area contributed by atoms with Crippen LogP contribution in [-0.4, -0.2) is 68.0 Å². The number of anilines is 1. The molecule has 7 heteroatoms. The van der Waals surface area contributed by atoms with Crippen molar-refractivity contribution >= 4 is 17.6 Å². The SMILES string of the molecule is CCNC(=NCc1cccc(CN2CCCC2=O)c1)N1CCN(c2ccccc2OC)CC1. The van der Waals surface area contributed by atoms with E-state index in [2.05, 4.69) is 58.4 Å². The van der Waals surface area contributed by atoms with Crippen LogP contribution in [0.2, 0.25) is 0 Å². The van der Waals surface area contributed by atoms with Gasteiger partial charge in [0.05, 0.1) is 19.3 Å². The molecule has 0 saturated carbocycles. The van der Waals surface area contributed by atoms with Crippen LogP contribution in [-0.2, 0) is 17.9 Å². The number of rotatable bonds is 7. The van der Waals surface area contributed by atoms with Crippen molar-refractivity contribution < 1.29 is 9.53 Å². The average Bonchev–Trinajstić information content (AvgIpc) is 3.26. The zero-order valence-electron chi connectivity index (χ0n) is 19.8. The summed E-state index contributed by atoms with van der Waals surface area (Å²) in [6, 6.07) is 16.7. The highest BCUT2D eigenvalue weighted by atomic mass is 16.5. The quantitative estimate of drug-likeness (QED) is 0.520. The van der Waals surface area contributed by atoms with Crippen molar-refractivity contribution in [3.05, 3.63) is 59.7 Å². The van der Waals surface area contributed by atoms with Gasteiger partial charge < -0.3 is 24.8 Å². The minimum atomic E-state index is 0.264. The maximum Gasteiger partial charge on any atom is 0.222 e. The third-order valence-electron chi connectivity index (χ3n) is 6.29. The van der Waals surface area contributed by atoms with Gasteiger partial charge in [-0.25, -0.2) is 4.99 Å². The third kappa shape index (κ3) is 5.78. The highest BCUT2D eigenvalue weighted by molar-refractivity contribution is 5.80. The van der Waals surface area contributed by atoms with Crippen LogP contribution in [0, 0.1) is 0 Å². The Morgan fingerprint density at radius 1 is 1.03 bits per heavy atom. The number of amides is 1. The van der Waals surface area contributed by atoms with Crippen LogP contribution in [0.15, 0.2) is 53.5 Å². The summed E-state index contributed by atoms with van der Waals surface area (Å²) in [5, 5.41) is 3.46. The van der Waals surface area contributed by atoms with Gasteiger partial charge in [-0.1, -0.05) is 36.4 Å². The molecule has 7 nitrogen and oxygen atoms in total. The smallest absolute Gasteiger partial charge is 0.222 e. The lowest BCUT2D eigenvalue weighted by molar-refractivity contribution is -0.128. The van der Waals surface area contributed by atoms with Crippen LogP contribution >= 0.6 is 0 Å². The van der Waals surface area contributed by atoms with E-state index >= 15 is 0 Å². The second-order valence-electron chi connectivity index (χ2n) is 8.55. The number of hydrogen-bond donors (Lipinski definition) is 1. The molecule has 0 radical (unpaired) electrons. The van der Waals surface area contributed by atoms with Gasteiger partial charge in [0.2, 0.25) is 5.91 Å². The summed E-state index contributed by atoms with van der Waals surface area (Å²) < 4.78 is 5.54. The number of carbonyl (C=O) groups is 1. The second-order valence-corrected chi connectivity index (χ2v) is 8.55. The van der Waals surface area contributed by atoms with Crippen LogP contribution in [0.1, 0.15) is 30.9 Å². The summed E-state index contributed by atoms with van der Waals surface area (Å²) in [5.41, 5.74) is 3.49. The molecule has 1 N–H and O–H groups in total. The number of nitrogens with one attached hydrogen (secondary N) is 1. The van der Waals surface area contributed by atoms with E-state index in [1.807, 2.05) is 17.0 Å². The zero-order valence-corrected chi connectivity index (χ0v) is 19.8. The standard InChI is InChI=1S/C26H35N5O2/c1-3-27-26(30-16-14-29(15-17-30)23-10-4-5-11-24(23)33-2)28-19-21-8-6-9-22(18-21)20-31-13-7-12-25(31)32/h4-6,8-11,18H,3,7,12-17,19-20H2,1-2H3,(H,27,28). The van der Waals surface area contributed by atoms with Crippen molar-refractivity contribution in [2.75, 3.05) is 51.3 Å². The first kappa shape index (κ1) is 23.0. The highest BCUT2D eigenvalue weighted by Gasteiger charge is 2.22. The van der Waals surface area contributed by atoms with Crippen molar-refractivity contribution in [2.24, 2.45) is 4.99 Å². The fraction of sp³-hybridized carbons (Fsp3) is 0.462. The summed E-state index contributed by atoms with van der Waals surface area (Å²) in [5.74, 6) is 2.14. The van der Waals surface area contributed by atoms with E-state index in [1.165, 1.54) is 11.1 Å². The number of likely N-dealkylation sites (tertiary alicyclic amines) is 1. The van der Waals surface area contributed by atoms with Gasteiger partial charge in [0, 0.05) is 52.2 Å². The molecule has 2 aromatic rings. The lowest BCUT2D eigenvalue weighted by Gasteiger charge is -2.38. The Balaban J connectivity index is 1.38. The van der Waals surface area contributed by atoms with E-state index in [1.54, 1.807) is 7.11 Å². The van der Waals surface area contributed by atoms with E-state index in [4.69, 9.17) is 9.73 Å². The Morgan fingerprint density at radius 2 is 1.82 bits per heavy atom. The van der Waals surface area contributed by atoms with Gasteiger partial charge in [-0.15, -0.1) is 0 Å². The molecule has 0 aliphatic carbocycles. The Hall–Kier alpha value is -3.22. The van der Waals surface area contributed by atoms with Crippen LogP contribution in [0.5, 0.6) is 5.75 Å². The lowest BCUT2D eigenvalue weighted by atomic mass is 10.1. The van der Waals surface area contributed by atoms with Crippen molar-refractivity contribution in [3.8, 4) is 5.75 Å². The van der Waals surface area contributed by atoms with E-state index in [0.717, 1.165) is 63.1 Å². The zero-order chi connectivity index (χ0) is 23.0. The number of hydrogen-bond acceptors (Lipinski definition) is 4. The molecule has 0 bridgehead atoms. The number of guanidine groups is 1. The molecule has 2 fully saturated rings. The van der Waals surface area contributed by atoms with Gasteiger partial charge in [0.1, 0.15) is 5.75 Å². The van der Waals surface area contributed by atoms with Gasteiger partial charge in [-0.3, -0.25) is 4.79 Å². The summed E-state index contributed by atoms with van der Waals surface area (Å²) in [6.45, 7) is 8.78. The molecule has 33 heavy (non-hydrogen) atoms. The fourth-order valence-corrected chi connectivity index (χ4v) is 4.56. The average molecular weight is 450 g/mol. The number of benzene rings is 2. The van der Waals surface area contributed by atoms with Gasteiger partial charge in [0.25, 0.3) is 0 Å². The fourth-order valence-electron chi connectivity index (χ4n) is 4.56. The van der Waals surface area contributed by atoms with Crippen molar-refractivity contribution in [3.63, 3.8) is 0 Å². The first-order valence-corrected chi connectivity index (χ1v) is 11.9. The molecule has 2 heterocycles. The van der Waals surface area contributed by atoms with Crippen LogP contribution in [0.25, 0.3) is 0 Å². The largest absolute Gasteiger partial charge is 0.495 e. The Morgan fingerprint density at radius 3 is 2.55 bits per heavy atom. The summed E-state index contributed by atoms with van der Waals surface area (Å²) in [7, 11) is 1.73. The van der Waals surface area contributed by atoms with E-state index in [9.17, 15) is 4.79 Å². The minimum absolute atomic E-state index is 0.264. The molecular formula is C26H35N5O2. The first-order valence-electron chi connectivity index (χ1n) is 11.9. The summed E-state index contributed by atoms with van der Waals surface area (Å²) in [4.78, 5) is 23.6. The number of ether oxygens (including phenoxy) is 1. The number of piperazine rings is 1. The number of methoxy groups -OCH3 is 1. The number of para-hydroxylation sites is 2. The normalized spacial score (nSPS) is 17.0. The molecule has 0 unspecified atom stereocenters. The summed E-state index contributed by atoms with van der Waals surface area (Å²) in [6.07, 6.45) is 1.65. The second kappa shape index (κ2) is 11.1. The molecular weight excluding hydrogens is 414 g/mol. The predicted molar refractivity (Wildman–Crippen MR) is 133 cm³/mol. The molecule has 4 rings (SSSR count). The number of nitrogens with zero attached hydrogens (tertiary/aromatic N) is 4. The van der Waals surface area contributed by atoms with Gasteiger partial charge in [0.15, 0.2) is 5.96 Å². The monoisotopic (exact) mass is 449 g/mol. The van der Waals surface area contributed by atoms with Crippen molar-refractivity contribution in [1.82, 2.24) is 15.1 Å². The molecule has 2 aliphatic heterocycles. The Kier molecular flexibility index (Phi) is 7.70. The molecule has 2 aromatic carbocycles. The molecule has 176 valence electrons. The third-order valence-corrected chi connectivity index (χ3v) is 6.29. The van der Waals surface area contributed by atoms with E-state index < -0.39 is 0 Å². The number of carbonyl (C=O) groups excluding carboxylic acids is 1.